The molecule has 4 heteroatoms. The topological polar surface area (TPSA) is 29.5 Å². The monoisotopic (exact) mass is 381 g/mol. The summed E-state index contributed by atoms with van der Waals surface area (Å²) in [5.41, 5.74) is 3.43. The number of benzene rings is 2. The van der Waals surface area contributed by atoms with E-state index < -0.39 is 0 Å². The molecule has 2 aromatic carbocycles. The third kappa shape index (κ3) is 5.28. The van der Waals surface area contributed by atoms with Crippen LogP contribution < -0.4 is 14.2 Å². The van der Waals surface area contributed by atoms with E-state index in [0.29, 0.717) is 0 Å². The second kappa shape index (κ2) is 10.7. The Hall–Kier alpha value is -2.49. The maximum absolute atomic E-state index is 5.57. The Bertz CT molecular complexity index is 843. The van der Waals surface area contributed by atoms with Crippen molar-refractivity contribution in [2.45, 2.75) is 58.9 Å². The molecule has 0 radical (unpaired) electrons. The average molecular weight is 382 g/mol. The number of aromatic nitrogens is 1. The van der Waals surface area contributed by atoms with Crippen LogP contribution >= 0.6 is 0 Å². The fraction of sp³-hybridized carbons (Fsp3) is 0.458. The van der Waals surface area contributed by atoms with Gasteiger partial charge in [-0.25, -0.2) is 0 Å². The van der Waals surface area contributed by atoms with Gasteiger partial charge in [0.05, 0.1) is 5.69 Å². The van der Waals surface area contributed by atoms with E-state index in [2.05, 4.69) is 41.5 Å². The molecule has 0 atom stereocenters. The number of aryl methyl sites for hydroxylation is 1. The van der Waals surface area contributed by atoms with Crippen molar-refractivity contribution in [3.05, 3.63) is 54.9 Å². The fourth-order valence-corrected chi connectivity index (χ4v) is 3.47. The van der Waals surface area contributed by atoms with Crippen LogP contribution in [-0.4, -0.2) is 13.3 Å². The van der Waals surface area contributed by atoms with Crippen LogP contribution in [0.3, 0.4) is 0 Å². The maximum Gasteiger partial charge on any atom is 0.335 e. The molecule has 0 fully saturated rings. The van der Waals surface area contributed by atoms with Crippen LogP contribution in [-0.2, 0) is 6.54 Å². The van der Waals surface area contributed by atoms with Crippen LogP contribution in [0, 0.1) is 0 Å². The molecule has 0 bridgehead atoms. The summed E-state index contributed by atoms with van der Waals surface area (Å²) in [5, 5.41) is 0. The molecule has 4 nitrogen and oxygen atoms in total. The standard InChI is InChI=1S/C12H17NO.C12H16NO/c2*1-2-3-6-9-13-10-14-12-8-5-4-7-11(12)13/h4-5,7-8H,2-3,6,9-10H2,1H3;4-5,7-8,10H,2-3,6,9H2,1H3/q;+1. The molecule has 4 rings (SSSR count). The van der Waals surface area contributed by atoms with Crippen LogP contribution in [0.2, 0.25) is 0 Å². The predicted octanol–water partition coefficient (Wildman–Crippen LogP) is 5.94. The van der Waals surface area contributed by atoms with Gasteiger partial charge in [0.15, 0.2) is 13.3 Å². The zero-order chi connectivity index (χ0) is 19.6. The number of rotatable bonds is 8. The van der Waals surface area contributed by atoms with Gasteiger partial charge in [0.1, 0.15) is 5.75 Å². The molecule has 150 valence electrons. The van der Waals surface area contributed by atoms with Crippen molar-refractivity contribution in [1.29, 1.82) is 0 Å². The third-order valence-electron chi connectivity index (χ3n) is 5.10. The minimum atomic E-state index is 0.725. The Morgan fingerprint density at radius 1 is 0.893 bits per heavy atom. The van der Waals surface area contributed by atoms with E-state index in [-0.39, 0.29) is 0 Å². The highest BCUT2D eigenvalue weighted by molar-refractivity contribution is 5.67. The molecule has 1 aromatic heterocycles. The van der Waals surface area contributed by atoms with Crippen LogP contribution in [0.5, 0.6) is 5.75 Å². The number of oxazole rings is 1. The quantitative estimate of drug-likeness (QED) is 0.357. The van der Waals surface area contributed by atoms with E-state index in [4.69, 9.17) is 9.15 Å². The third-order valence-corrected chi connectivity index (χ3v) is 5.10. The molecule has 3 aromatic rings. The summed E-state index contributed by atoms with van der Waals surface area (Å²) in [4.78, 5) is 2.31. The first-order valence-electron chi connectivity index (χ1n) is 10.7. The van der Waals surface area contributed by atoms with E-state index in [1.54, 1.807) is 0 Å². The molecule has 0 amide bonds. The number of fused-ring (bicyclic) bond motifs is 2. The van der Waals surface area contributed by atoms with Crippen molar-refractivity contribution in [3.8, 4) is 5.75 Å². The Morgan fingerprint density at radius 2 is 1.64 bits per heavy atom. The Balaban J connectivity index is 0.000000161. The second-order valence-electron chi connectivity index (χ2n) is 7.30. The largest absolute Gasteiger partial charge is 0.471 e. The lowest BCUT2D eigenvalue weighted by atomic mass is 10.2. The zero-order valence-corrected chi connectivity index (χ0v) is 17.3. The zero-order valence-electron chi connectivity index (χ0n) is 17.3. The van der Waals surface area contributed by atoms with Crippen molar-refractivity contribution in [1.82, 2.24) is 0 Å². The van der Waals surface area contributed by atoms with Crippen molar-refractivity contribution in [2.75, 3.05) is 18.2 Å². The first-order valence-corrected chi connectivity index (χ1v) is 10.7. The molecule has 2 heterocycles. The Kier molecular flexibility index (Phi) is 7.77. The molecule has 0 saturated heterocycles. The Morgan fingerprint density at radius 3 is 2.50 bits per heavy atom. The molecular weight excluding hydrogens is 348 g/mol. The van der Waals surface area contributed by atoms with Gasteiger partial charge in [-0.05, 0) is 31.0 Å². The summed E-state index contributed by atoms with van der Waals surface area (Å²) in [5.74, 6) is 1.03. The van der Waals surface area contributed by atoms with Gasteiger partial charge in [-0.15, -0.1) is 0 Å². The lowest BCUT2D eigenvalue weighted by molar-refractivity contribution is -0.676. The van der Waals surface area contributed by atoms with Gasteiger partial charge >= 0.3 is 6.39 Å². The van der Waals surface area contributed by atoms with Gasteiger partial charge in [-0.1, -0.05) is 57.4 Å². The van der Waals surface area contributed by atoms with E-state index >= 15 is 0 Å². The predicted molar refractivity (Wildman–Crippen MR) is 115 cm³/mol. The lowest BCUT2D eigenvalue weighted by Crippen LogP contribution is -2.31. The first-order chi connectivity index (χ1) is 13.8. The average Bonchev–Trinajstić information content (AvgIpc) is 3.34. The first kappa shape index (κ1) is 20.2. The summed E-state index contributed by atoms with van der Waals surface area (Å²) < 4.78 is 13.2. The lowest BCUT2D eigenvalue weighted by Gasteiger charge is -2.15. The molecular formula is C24H33N2O2+. The highest BCUT2D eigenvalue weighted by Gasteiger charge is 2.18. The van der Waals surface area contributed by atoms with Crippen molar-refractivity contribution < 1.29 is 13.7 Å². The molecule has 0 saturated carbocycles. The molecule has 1 aliphatic rings. The van der Waals surface area contributed by atoms with Gasteiger partial charge in [0.25, 0.3) is 5.52 Å². The summed E-state index contributed by atoms with van der Waals surface area (Å²) in [7, 11) is 0. The van der Waals surface area contributed by atoms with Gasteiger partial charge < -0.3 is 14.1 Å². The van der Waals surface area contributed by atoms with E-state index in [1.807, 2.05) is 36.7 Å². The highest BCUT2D eigenvalue weighted by atomic mass is 16.5. The van der Waals surface area contributed by atoms with Gasteiger partial charge in [0, 0.05) is 19.0 Å². The van der Waals surface area contributed by atoms with Crippen LogP contribution in [0.15, 0.2) is 59.3 Å². The Labute approximate surface area is 168 Å². The number of hydrogen-bond acceptors (Lipinski definition) is 3. The normalized spacial score (nSPS) is 12.4. The minimum Gasteiger partial charge on any atom is -0.471 e. The van der Waals surface area contributed by atoms with Crippen LogP contribution in [0.1, 0.15) is 52.4 Å². The maximum atomic E-state index is 5.57. The van der Waals surface area contributed by atoms with Gasteiger partial charge in [0.2, 0.25) is 5.58 Å². The summed E-state index contributed by atoms with van der Waals surface area (Å²) >= 11 is 0. The number of unbranched alkanes of at least 4 members (excludes halogenated alkanes) is 4. The van der Waals surface area contributed by atoms with E-state index in [9.17, 15) is 0 Å². The summed E-state index contributed by atoms with van der Waals surface area (Å²) in [6.45, 7) is 7.35. The fourth-order valence-electron chi connectivity index (χ4n) is 3.47. The number of ether oxygens (including phenoxy) is 1. The summed E-state index contributed by atoms with van der Waals surface area (Å²) in [6.07, 6.45) is 9.43. The van der Waals surface area contributed by atoms with Crippen LogP contribution in [0.25, 0.3) is 11.1 Å². The molecule has 0 N–H and O–H groups in total. The minimum absolute atomic E-state index is 0.725. The highest BCUT2D eigenvalue weighted by Crippen LogP contribution is 2.33. The van der Waals surface area contributed by atoms with Crippen LogP contribution in [0.4, 0.5) is 5.69 Å². The van der Waals surface area contributed by atoms with Gasteiger partial charge in [-0.2, -0.15) is 4.57 Å². The molecule has 0 spiro atoms. The smallest absolute Gasteiger partial charge is 0.335 e. The summed E-state index contributed by atoms with van der Waals surface area (Å²) in [6, 6.07) is 16.4. The van der Waals surface area contributed by atoms with E-state index in [1.165, 1.54) is 49.7 Å². The van der Waals surface area contributed by atoms with Crippen molar-refractivity contribution >= 4 is 16.8 Å². The number of para-hydroxylation sites is 4. The van der Waals surface area contributed by atoms with E-state index in [0.717, 1.165) is 31.2 Å². The number of anilines is 1. The van der Waals surface area contributed by atoms with Gasteiger partial charge in [-0.3, -0.25) is 0 Å². The SMILES string of the molecule is CCCCCN1COc2ccccc21.CCCCC[n+]1coc2ccccc21. The number of nitrogens with zero attached hydrogens (tertiary/aromatic N) is 2. The number of hydrogen-bond donors (Lipinski definition) is 0. The van der Waals surface area contributed by atoms with Crippen molar-refractivity contribution in [2.24, 2.45) is 0 Å². The molecule has 0 unspecified atom stereocenters. The second-order valence-corrected chi connectivity index (χ2v) is 7.30. The molecule has 0 aliphatic carbocycles. The molecule has 1 aliphatic heterocycles. The molecule has 28 heavy (non-hydrogen) atoms. The van der Waals surface area contributed by atoms with Crippen molar-refractivity contribution in [3.63, 3.8) is 0 Å².